The number of aliphatic hydroxyl groups is 9. The summed E-state index contributed by atoms with van der Waals surface area (Å²) in [5.74, 6) is -0.0364. The first-order valence-corrected chi connectivity index (χ1v) is 23.9. The smallest absolute Gasteiger partial charge is 0.187 e. The van der Waals surface area contributed by atoms with Crippen LogP contribution in [0.3, 0.4) is 0 Å². The predicted octanol–water partition coefficient (Wildman–Crippen LogP) is 0.994. The Labute approximate surface area is 376 Å². The average molecular weight is 913 g/mol. The topological polar surface area (TPSA) is 256 Å². The van der Waals surface area contributed by atoms with Crippen molar-refractivity contribution in [2.24, 2.45) is 45.3 Å². The second-order valence-electron chi connectivity index (χ2n) is 23.0. The number of allylic oxidation sites excluding steroid dienone is 1. The highest BCUT2D eigenvalue weighted by Crippen LogP contribution is 2.80. The maximum absolute atomic E-state index is 12.2. The molecule has 2 spiro atoms. The van der Waals surface area contributed by atoms with E-state index in [2.05, 4.69) is 47.6 Å². The van der Waals surface area contributed by atoms with E-state index >= 15 is 0 Å². The van der Waals surface area contributed by atoms with Crippen LogP contribution in [0, 0.1) is 45.3 Å². The van der Waals surface area contributed by atoms with E-state index in [0.717, 1.165) is 44.1 Å². The molecule has 5 aliphatic heterocycles. The lowest BCUT2D eigenvalue weighted by atomic mass is 9.35. The third kappa shape index (κ3) is 7.19. The fraction of sp³-hybridized carbons (Fsp3) is 0.957. The largest absolute Gasteiger partial charge is 0.394 e. The van der Waals surface area contributed by atoms with Crippen LogP contribution in [-0.4, -0.2) is 175 Å². The zero-order valence-electron chi connectivity index (χ0n) is 38.7. The molecule has 0 aromatic heterocycles. The van der Waals surface area contributed by atoms with Crippen LogP contribution in [0.2, 0.25) is 0 Å². The van der Waals surface area contributed by atoms with Crippen molar-refractivity contribution in [2.75, 3.05) is 19.8 Å². The molecule has 25 atom stereocenters. The van der Waals surface area contributed by atoms with E-state index in [1.54, 1.807) is 0 Å². The fourth-order valence-electron chi connectivity index (χ4n) is 15.8. The van der Waals surface area contributed by atoms with Crippen molar-refractivity contribution >= 4 is 0 Å². The van der Waals surface area contributed by atoms with Gasteiger partial charge in [0.15, 0.2) is 24.7 Å². The lowest BCUT2D eigenvalue weighted by Crippen LogP contribution is -2.68. The zero-order chi connectivity index (χ0) is 46.3. The SMILES string of the molecule is CC(C)=CC1CC(C)(O)C2C3CCC4C5(C)CCC(O[C@@H]6OC[C@@H](O)[C@@H](O[C@@H]7O[C@H](CO)[C@@H](O)[C@H](O)[C@H]7O)[C@H]6O[C@@H]6O[C@@H](C)[C@H](O)[C@@H](O)[C@H]6O)C(C)(C)C5CCC4(C)C34COC2(C4)O1. The molecule has 0 aromatic carbocycles. The number of fused-ring (bicyclic) bond motifs is 4. The van der Waals surface area contributed by atoms with Gasteiger partial charge in [-0.1, -0.05) is 39.3 Å². The molecule has 0 amide bonds. The number of aliphatic hydroxyl groups excluding tert-OH is 8. The minimum atomic E-state index is -1.79. The van der Waals surface area contributed by atoms with Crippen molar-refractivity contribution in [3.05, 3.63) is 11.6 Å². The molecule has 5 heterocycles. The van der Waals surface area contributed by atoms with Gasteiger partial charge in [-0.2, -0.15) is 0 Å². The van der Waals surface area contributed by atoms with E-state index in [9.17, 15) is 46.0 Å². The molecule has 9 N–H and O–H groups in total. The van der Waals surface area contributed by atoms with Gasteiger partial charge in [-0.15, -0.1) is 0 Å². The van der Waals surface area contributed by atoms with Gasteiger partial charge in [0.2, 0.25) is 0 Å². The standard InChI is InChI=1S/C47H76O17/c1-21(2)15-23-16-45(8,56)38-24-9-10-28-43(6)13-12-29(42(4,5)27(43)11-14-44(28,7)46(24)19-47(38,64-23)58-20-46)61-41-37(63-39-34(54)32(52)30(50)22(3)59-39)36(25(49)18-57-41)62-40-35(55)33(53)31(51)26(17-48)60-40/h15,22-41,48-56H,9-14,16-20H2,1-8H3/t22-,23?,24?,25+,26+,27?,28?,29?,30-,31+,32+,33-,34+,35+,36+,37+,38?,39-,40-,41-,43?,44?,45?,46?,47?/m0/s1. The molecule has 0 radical (unpaired) electrons. The highest BCUT2D eigenvalue weighted by Gasteiger charge is 2.81. The molecule has 2 bridgehead atoms. The van der Waals surface area contributed by atoms with Crippen LogP contribution in [0.5, 0.6) is 0 Å². The van der Waals surface area contributed by atoms with Gasteiger partial charge < -0.3 is 83.9 Å². The highest BCUT2D eigenvalue weighted by molar-refractivity contribution is 5.26. The molecule has 5 saturated heterocycles. The number of hydrogen-bond donors (Lipinski definition) is 9. The van der Waals surface area contributed by atoms with E-state index in [-0.39, 0.29) is 46.7 Å². The van der Waals surface area contributed by atoms with Gasteiger partial charge in [0.05, 0.1) is 43.7 Å². The lowest BCUT2D eigenvalue weighted by molar-refractivity contribution is -0.388. The molecule has 4 aliphatic carbocycles. The average Bonchev–Trinajstić information content (AvgIpc) is 3.74. The second kappa shape index (κ2) is 16.6. The van der Waals surface area contributed by atoms with Crippen LogP contribution in [0.1, 0.15) is 107 Å². The molecule has 0 aromatic rings. The molecule has 9 fully saturated rings. The van der Waals surface area contributed by atoms with Crippen molar-refractivity contribution < 1.29 is 83.9 Å². The predicted molar refractivity (Wildman–Crippen MR) is 223 cm³/mol. The van der Waals surface area contributed by atoms with Gasteiger partial charge in [0.1, 0.15) is 61.0 Å². The molecule has 366 valence electrons. The Morgan fingerprint density at radius 2 is 1.41 bits per heavy atom. The van der Waals surface area contributed by atoms with Crippen LogP contribution in [0.15, 0.2) is 11.6 Å². The molecule has 17 nitrogen and oxygen atoms in total. The molecule has 9 aliphatic rings. The summed E-state index contributed by atoms with van der Waals surface area (Å²) in [6, 6.07) is 0. The van der Waals surface area contributed by atoms with Crippen molar-refractivity contribution in [3.63, 3.8) is 0 Å². The van der Waals surface area contributed by atoms with Crippen LogP contribution in [0.4, 0.5) is 0 Å². The summed E-state index contributed by atoms with van der Waals surface area (Å²) in [6.07, 6.45) is -12.6. The minimum Gasteiger partial charge on any atom is -0.394 e. The summed E-state index contributed by atoms with van der Waals surface area (Å²) in [7, 11) is 0. The van der Waals surface area contributed by atoms with Crippen molar-refractivity contribution in [1.29, 1.82) is 0 Å². The van der Waals surface area contributed by atoms with Crippen LogP contribution < -0.4 is 0 Å². The summed E-state index contributed by atoms with van der Waals surface area (Å²) < 4.78 is 51.0. The third-order valence-corrected chi connectivity index (χ3v) is 18.7. The van der Waals surface area contributed by atoms with E-state index in [1.807, 2.05) is 6.92 Å². The van der Waals surface area contributed by atoms with Crippen LogP contribution >= 0.6 is 0 Å². The molecule has 9 rings (SSSR count). The maximum atomic E-state index is 12.2. The van der Waals surface area contributed by atoms with E-state index < -0.39 is 116 Å². The Morgan fingerprint density at radius 3 is 2.09 bits per heavy atom. The summed E-state index contributed by atoms with van der Waals surface area (Å²) in [4.78, 5) is 0. The maximum Gasteiger partial charge on any atom is 0.187 e. The summed E-state index contributed by atoms with van der Waals surface area (Å²) in [6.45, 7) is 16.7. The summed E-state index contributed by atoms with van der Waals surface area (Å²) >= 11 is 0. The Balaban J connectivity index is 0.974. The first-order valence-electron chi connectivity index (χ1n) is 23.9. The van der Waals surface area contributed by atoms with Crippen LogP contribution in [-0.2, 0) is 37.9 Å². The molecule has 11 unspecified atom stereocenters. The lowest BCUT2D eigenvalue weighted by Gasteiger charge is -2.70. The Kier molecular flexibility index (Phi) is 12.5. The van der Waals surface area contributed by atoms with Gasteiger partial charge in [0.25, 0.3) is 0 Å². The Bertz CT molecular complexity index is 1740. The van der Waals surface area contributed by atoms with Crippen molar-refractivity contribution in [2.45, 2.75) is 216 Å². The zero-order valence-corrected chi connectivity index (χ0v) is 38.7. The van der Waals surface area contributed by atoms with Gasteiger partial charge in [-0.3, -0.25) is 0 Å². The normalized spacial score (nSPS) is 57.8. The van der Waals surface area contributed by atoms with Gasteiger partial charge in [-0.05, 0) is 100 Å². The fourth-order valence-corrected chi connectivity index (χ4v) is 15.8. The molecule has 64 heavy (non-hydrogen) atoms. The highest BCUT2D eigenvalue weighted by atomic mass is 16.8. The minimum absolute atomic E-state index is 0.0656. The molecule has 17 heteroatoms. The first-order chi connectivity index (χ1) is 29.9. The third-order valence-electron chi connectivity index (χ3n) is 18.7. The van der Waals surface area contributed by atoms with Gasteiger partial charge >= 0.3 is 0 Å². The van der Waals surface area contributed by atoms with E-state index in [4.69, 9.17) is 37.9 Å². The Hall–Kier alpha value is -0.940. The quantitative estimate of drug-likeness (QED) is 0.122. The molecular formula is C47H76O17. The number of hydrogen-bond acceptors (Lipinski definition) is 17. The Morgan fingerprint density at radius 1 is 0.734 bits per heavy atom. The molecule has 4 saturated carbocycles. The van der Waals surface area contributed by atoms with Gasteiger partial charge in [0, 0.05) is 24.2 Å². The summed E-state index contributed by atoms with van der Waals surface area (Å²) in [5, 5.41) is 97.7. The van der Waals surface area contributed by atoms with Crippen molar-refractivity contribution in [1.82, 2.24) is 0 Å². The molecular weight excluding hydrogens is 836 g/mol. The first kappa shape index (κ1) is 48.1. The second-order valence-corrected chi connectivity index (χ2v) is 23.0. The monoisotopic (exact) mass is 913 g/mol. The summed E-state index contributed by atoms with van der Waals surface area (Å²) in [5.41, 5.74) is -0.471. The van der Waals surface area contributed by atoms with E-state index in [0.29, 0.717) is 25.4 Å². The van der Waals surface area contributed by atoms with Gasteiger partial charge in [-0.25, -0.2) is 0 Å². The van der Waals surface area contributed by atoms with Crippen LogP contribution in [0.25, 0.3) is 0 Å². The number of ether oxygens (including phenoxy) is 8. The van der Waals surface area contributed by atoms with Crippen molar-refractivity contribution in [3.8, 4) is 0 Å². The van der Waals surface area contributed by atoms with E-state index in [1.165, 1.54) is 6.92 Å². The number of rotatable bonds is 8.